The van der Waals surface area contributed by atoms with Gasteiger partial charge in [0, 0.05) is 17.4 Å². The minimum Gasteiger partial charge on any atom is -0.497 e. The summed E-state index contributed by atoms with van der Waals surface area (Å²) < 4.78 is 13.4. The number of ether oxygens (including phenoxy) is 2. The van der Waals surface area contributed by atoms with E-state index in [9.17, 15) is 4.79 Å². The van der Waals surface area contributed by atoms with Crippen molar-refractivity contribution in [2.24, 2.45) is 0 Å². The molecule has 0 saturated carbocycles. The van der Waals surface area contributed by atoms with Gasteiger partial charge in [0.1, 0.15) is 11.5 Å². The molecule has 0 bridgehead atoms. The van der Waals surface area contributed by atoms with Crippen LogP contribution in [0.3, 0.4) is 0 Å². The number of nitrogens with zero attached hydrogens (tertiary/aromatic N) is 3. The van der Waals surface area contributed by atoms with E-state index >= 15 is 0 Å². The van der Waals surface area contributed by atoms with Crippen molar-refractivity contribution in [3.8, 4) is 17.2 Å². The van der Waals surface area contributed by atoms with Crippen molar-refractivity contribution in [3.05, 3.63) is 90.8 Å². The Balaban J connectivity index is 1.58. The Morgan fingerprint density at radius 1 is 0.912 bits per heavy atom. The average molecular weight is 475 g/mol. The molecule has 34 heavy (non-hydrogen) atoms. The number of amides is 1. The number of thioether (sulfide) groups is 1. The Bertz CT molecular complexity index is 1230. The minimum atomic E-state index is -0.400. The number of carbonyl (C=O) groups is 1. The molecule has 4 aromatic rings. The van der Waals surface area contributed by atoms with Crippen LogP contribution in [0.2, 0.25) is 0 Å². The van der Waals surface area contributed by atoms with E-state index in [-0.39, 0.29) is 5.91 Å². The quantitative estimate of drug-likeness (QED) is 0.321. The summed E-state index contributed by atoms with van der Waals surface area (Å²) in [4.78, 5) is 12.8. The topological polar surface area (TPSA) is 78.3 Å². The molecule has 2 unspecified atom stereocenters. The van der Waals surface area contributed by atoms with Crippen molar-refractivity contribution in [3.63, 3.8) is 0 Å². The molecule has 0 spiro atoms. The molecule has 7 nitrogen and oxygen atoms in total. The fraction of sp³-hybridized carbons (Fsp3) is 0.192. The lowest BCUT2D eigenvalue weighted by molar-refractivity contribution is -0.115. The van der Waals surface area contributed by atoms with Gasteiger partial charge in [-0.3, -0.25) is 9.36 Å². The molecule has 3 aromatic carbocycles. The Morgan fingerprint density at radius 3 is 2.29 bits per heavy atom. The molecular formula is C26H26N4O3S. The number of aromatic nitrogens is 3. The maximum absolute atomic E-state index is 12.8. The highest BCUT2D eigenvalue weighted by atomic mass is 32.2. The molecule has 0 saturated heterocycles. The Kier molecular flexibility index (Phi) is 7.49. The van der Waals surface area contributed by atoms with E-state index in [0.717, 1.165) is 11.4 Å². The van der Waals surface area contributed by atoms with E-state index in [4.69, 9.17) is 9.47 Å². The van der Waals surface area contributed by atoms with Crippen molar-refractivity contribution in [1.82, 2.24) is 14.8 Å². The van der Waals surface area contributed by atoms with Crippen molar-refractivity contribution in [1.29, 1.82) is 0 Å². The molecule has 0 aliphatic carbocycles. The van der Waals surface area contributed by atoms with Gasteiger partial charge < -0.3 is 14.8 Å². The highest BCUT2D eigenvalue weighted by molar-refractivity contribution is 8.00. The molecular weight excluding hydrogens is 448 g/mol. The van der Waals surface area contributed by atoms with Gasteiger partial charge in [-0.1, -0.05) is 54.2 Å². The summed E-state index contributed by atoms with van der Waals surface area (Å²) in [6, 6.07) is 26.6. The maximum Gasteiger partial charge on any atom is 0.237 e. The first-order valence-corrected chi connectivity index (χ1v) is 11.8. The molecule has 0 aliphatic heterocycles. The number of hydrogen-bond acceptors (Lipinski definition) is 6. The van der Waals surface area contributed by atoms with Crippen LogP contribution in [-0.2, 0) is 4.79 Å². The van der Waals surface area contributed by atoms with Crippen molar-refractivity contribution < 1.29 is 14.3 Å². The number of methoxy groups -OCH3 is 1. The second-order valence-corrected chi connectivity index (χ2v) is 8.87. The van der Waals surface area contributed by atoms with Gasteiger partial charge in [-0.15, -0.1) is 10.2 Å². The molecule has 0 aliphatic rings. The first-order valence-electron chi connectivity index (χ1n) is 10.9. The van der Waals surface area contributed by atoms with Gasteiger partial charge in [-0.25, -0.2) is 0 Å². The fourth-order valence-electron chi connectivity index (χ4n) is 3.35. The van der Waals surface area contributed by atoms with Crippen LogP contribution in [0, 0.1) is 0 Å². The standard InChI is InChI=1S/C26H26N4O3S/c1-18(33-23-16-10-15-22(17-23)32-3)24-28-29-26(30(24)21-13-8-5-9-14-21)34-19(2)25(31)27-20-11-6-4-7-12-20/h4-19H,1-3H3,(H,27,31). The average Bonchev–Trinajstić information content (AvgIpc) is 3.29. The zero-order chi connectivity index (χ0) is 23.9. The summed E-state index contributed by atoms with van der Waals surface area (Å²) in [5.41, 5.74) is 1.65. The molecule has 1 heterocycles. The number of hydrogen-bond donors (Lipinski definition) is 1. The van der Waals surface area contributed by atoms with Crippen LogP contribution in [-0.4, -0.2) is 33.0 Å². The summed E-state index contributed by atoms with van der Waals surface area (Å²) in [7, 11) is 1.62. The zero-order valence-electron chi connectivity index (χ0n) is 19.2. The normalized spacial score (nSPS) is 12.6. The van der Waals surface area contributed by atoms with E-state index in [0.29, 0.717) is 22.5 Å². The van der Waals surface area contributed by atoms with Crippen LogP contribution >= 0.6 is 11.8 Å². The molecule has 8 heteroatoms. The zero-order valence-corrected chi connectivity index (χ0v) is 20.0. The Morgan fingerprint density at radius 2 is 1.59 bits per heavy atom. The second-order valence-electron chi connectivity index (χ2n) is 7.57. The molecule has 174 valence electrons. The van der Waals surface area contributed by atoms with Crippen LogP contribution in [0.15, 0.2) is 90.1 Å². The van der Waals surface area contributed by atoms with Gasteiger partial charge in [0.05, 0.1) is 12.4 Å². The molecule has 1 amide bonds. The summed E-state index contributed by atoms with van der Waals surface area (Å²) >= 11 is 1.34. The highest BCUT2D eigenvalue weighted by Gasteiger charge is 2.24. The molecule has 0 fully saturated rings. The number of benzene rings is 3. The third kappa shape index (κ3) is 5.58. The fourth-order valence-corrected chi connectivity index (χ4v) is 4.22. The first-order chi connectivity index (χ1) is 16.5. The lowest BCUT2D eigenvalue weighted by Crippen LogP contribution is -2.23. The van der Waals surface area contributed by atoms with Crippen LogP contribution < -0.4 is 14.8 Å². The van der Waals surface area contributed by atoms with E-state index in [1.54, 1.807) is 7.11 Å². The highest BCUT2D eigenvalue weighted by Crippen LogP contribution is 2.31. The van der Waals surface area contributed by atoms with Crippen molar-refractivity contribution in [2.45, 2.75) is 30.4 Å². The lowest BCUT2D eigenvalue weighted by atomic mass is 10.3. The summed E-state index contributed by atoms with van der Waals surface area (Å²) in [6.45, 7) is 3.77. The molecule has 2 atom stereocenters. The third-order valence-electron chi connectivity index (χ3n) is 5.08. The van der Waals surface area contributed by atoms with Crippen LogP contribution in [0.25, 0.3) is 5.69 Å². The molecule has 1 aromatic heterocycles. The van der Waals surface area contributed by atoms with Gasteiger partial charge in [0.25, 0.3) is 0 Å². The molecule has 0 radical (unpaired) electrons. The predicted molar refractivity (Wildman–Crippen MR) is 134 cm³/mol. The van der Waals surface area contributed by atoms with E-state index in [1.165, 1.54) is 11.8 Å². The van der Waals surface area contributed by atoms with Gasteiger partial charge in [0.15, 0.2) is 17.1 Å². The number of anilines is 1. The summed E-state index contributed by atoms with van der Waals surface area (Å²) in [5, 5.41) is 12.0. The summed E-state index contributed by atoms with van der Waals surface area (Å²) in [6.07, 6.45) is -0.400. The number of rotatable bonds is 9. The summed E-state index contributed by atoms with van der Waals surface area (Å²) in [5.74, 6) is 1.90. The van der Waals surface area contributed by atoms with Gasteiger partial charge in [-0.2, -0.15) is 0 Å². The van der Waals surface area contributed by atoms with Crippen molar-refractivity contribution in [2.75, 3.05) is 12.4 Å². The SMILES string of the molecule is COc1cccc(OC(C)c2nnc(SC(C)C(=O)Nc3ccccc3)n2-c2ccccc2)c1. The Hall–Kier alpha value is -3.78. The van der Waals surface area contributed by atoms with Crippen LogP contribution in [0.4, 0.5) is 5.69 Å². The van der Waals surface area contributed by atoms with Crippen LogP contribution in [0.5, 0.6) is 11.5 Å². The third-order valence-corrected chi connectivity index (χ3v) is 6.13. The molecule has 4 rings (SSSR count). The van der Waals surface area contributed by atoms with Gasteiger partial charge in [-0.05, 0) is 50.2 Å². The van der Waals surface area contributed by atoms with Crippen LogP contribution in [0.1, 0.15) is 25.8 Å². The van der Waals surface area contributed by atoms with Gasteiger partial charge >= 0.3 is 0 Å². The number of para-hydroxylation sites is 2. The minimum absolute atomic E-state index is 0.110. The maximum atomic E-state index is 12.8. The van der Waals surface area contributed by atoms with E-state index in [2.05, 4.69) is 15.5 Å². The predicted octanol–water partition coefficient (Wildman–Crippen LogP) is 5.54. The van der Waals surface area contributed by atoms with E-state index < -0.39 is 11.4 Å². The number of carbonyl (C=O) groups excluding carboxylic acids is 1. The van der Waals surface area contributed by atoms with Gasteiger partial charge in [0.2, 0.25) is 5.91 Å². The largest absolute Gasteiger partial charge is 0.497 e. The molecule has 1 N–H and O–H groups in total. The monoisotopic (exact) mass is 474 g/mol. The van der Waals surface area contributed by atoms with Crippen molar-refractivity contribution >= 4 is 23.4 Å². The van der Waals surface area contributed by atoms with E-state index in [1.807, 2.05) is 103 Å². The number of nitrogens with one attached hydrogen (secondary N) is 1. The lowest BCUT2D eigenvalue weighted by Gasteiger charge is -2.18. The smallest absolute Gasteiger partial charge is 0.237 e. The first kappa shape index (κ1) is 23.4. The Labute approximate surface area is 203 Å². The second kappa shape index (κ2) is 10.9.